The van der Waals surface area contributed by atoms with Crippen molar-refractivity contribution in [2.45, 2.75) is 50.6 Å². The van der Waals surface area contributed by atoms with Gasteiger partial charge in [-0.3, -0.25) is 28.5 Å². The predicted molar refractivity (Wildman–Crippen MR) is 202 cm³/mol. The summed E-state index contributed by atoms with van der Waals surface area (Å²) in [5.74, 6) is 4.55. The van der Waals surface area contributed by atoms with Gasteiger partial charge in [-0.1, -0.05) is 29.9 Å². The van der Waals surface area contributed by atoms with E-state index in [9.17, 15) is 28.8 Å². The molecule has 0 aliphatic heterocycles. The van der Waals surface area contributed by atoms with Crippen LogP contribution in [0.1, 0.15) is 54.4 Å². The number of nitrogens with zero attached hydrogens (tertiary/aromatic N) is 3. The van der Waals surface area contributed by atoms with Crippen LogP contribution in [0.5, 0.6) is 6.01 Å². The van der Waals surface area contributed by atoms with Crippen molar-refractivity contribution in [3.8, 4) is 43.0 Å². The number of terminal acetylenes is 3. The van der Waals surface area contributed by atoms with E-state index >= 15 is 0 Å². The van der Waals surface area contributed by atoms with Gasteiger partial charge in [-0.2, -0.15) is 9.97 Å². The third-order valence-corrected chi connectivity index (χ3v) is 8.17. The van der Waals surface area contributed by atoms with Gasteiger partial charge < -0.3 is 46.8 Å². The molecule has 18 heteroatoms. The number of carbonyl (C=O) groups is 5. The van der Waals surface area contributed by atoms with Gasteiger partial charge in [0.15, 0.2) is 11.5 Å². The molecule has 3 aromatic rings. The van der Waals surface area contributed by atoms with Crippen LogP contribution >= 0.6 is 0 Å². The van der Waals surface area contributed by atoms with Gasteiger partial charge in [0.1, 0.15) is 12.1 Å². The van der Waals surface area contributed by atoms with E-state index in [4.69, 9.17) is 34.5 Å². The van der Waals surface area contributed by atoms with Gasteiger partial charge in [-0.25, -0.2) is 4.79 Å². The van der Waals surface area contributed by atoms with Crippen LogP contribution in [0, 0.1) is 37.0 Å². The van der Waals surface area contributed by atoms with Crippen molar-refractivity contribution in [1.82, 2.24) is 46.1 Å². The van der Waals surface area contributed by atoms with Crippen molar-refractivity contribution in [2.24, 2.45) is 0 Å². The summed E-state index contributed by atoms with van der Waals surface area (Å²) < 4.78 is 11.8. The minimum absolute atomic E-state index is 0.00819. The molecular formula is C37H44N10O8. The number of aromatic amines is 1. The van der Waals surface area contributed by atoms with E-state index in [-0.39, 0.29) is 99.9 Å². The predicted octanol–water partition coefficient (Wildman–Crippen LogP) is -1.05. The number of anilines is 1. The average molecular weight is 757 g/mol. The maximum atomic E-state index is 13.4. The second-order valence-electron chi connectivity index (χ2n) is 12.1. The molecule has 5 amide bonds. The van der Waals surface area contributed by atoms with Gasteiger partial charge in [0, 0.05) is 37.5 Å². The first kappa shape index (κ1) is 42.6. The molecule has 0 aliphatic carbocycles. The quantitative estimate of drug-likeness (QED) is 0.0481. The molecule has 2 heterocycles. The minimum atomic E-state index is -1.23. The Bertz CT molecular complexity index is 1930. The van der Waals surface area contributed by atoms with Crippen molar-refractivity contribution in [3.63, 3.8) is 0 Å². The summed E-state index contributed by atoms with van der Waals surface area (Å²) >= 11 is 0. The van der Waals surface area contributed by atoms with E-state index in [1.165, 1.54) is 23.8 Å². The van der Waals surface area contributed by atoms with E-state index in [1.54, 1.807) is 12.1 Å². The summed E-state index contributed by atoms with van der Waals surface area (Å²) in [6, 6.07) is 6.28. The van der Waals surface area contributed by atoms with Crippen LogP contribution < -0.4 is 42.7 Å². The number of fused-ring (bicyclic) bond motifs is 1. The lowest BCUT2D eigenvalue weighted by Crippen LogP contribution is -2.53. The van der Waals surface area contributed by atoms with E-state index in [0.29, 0.717) is 12.2 Å². The smallest absolute Gasteiger partial charge is 0.328 e. The second kappa shape index (κ2) is 21.6. The number of nitrogen functional groups attached to an aromatic ring is 1. The molecular weight excluding hydrogens is 712 g/mol. The summed E-state index contributed by atoms with van der Waals surface area (Å²) in [5.41, 5.74) is 5.63. The first-order valence-electron chi connectivity index (χ1n) is 17.1. The van der Waals surface area contributed by atoms with Gasteiger partial charge in [0.2, 0.25) is 23.6 Å². The second-order valence-corrected chi connectivity index (χ2v) is 12.1. The molecule has 1 aromatic carbocycles. The molecule has 0 saturated heterocycles. The lowest BCUT2D eigenvalue weighted by Gasteiger charge is -2.35. The Morgan fingerprint density at radius 2 is 1.36 bits per heavy atom. The van der Waals surface area contributed by atoms with Crippen LogP contribution in [0.4, 0.5) is 5.82 Å². The number of nitrogens with one attached hydrogen (secondary N) is 6. The van der Waals surface area contributed by atoms with Crippen LogP contribution in [0.25, 0.3) is 11.2 Å². The number of imidazole rings is 1. The molecule has 0 atom stereocenters. The zero-order valence-electron chi connectivity index (χ0n) is 30.4. The fraction of sp³-hybridized carbons (Fsp3) is 0.405. The van der Waals surface area contributed by atoms with Gasteiger partial charge in [-0.05, 0) is 37.0 Å². The summed E-state index contributed by atoms with van der Waals surface area (Å²) in [7, 11) is 1.52. The van der Waals surface area contributed by atoms with Crippen LogP contribution in [-0.2, 0) is 30.5 Å². The van der Waals surface area contributed by atoms with Crippen LogP contribution in [-0.4, -0.2) is 101 Å². The molecule has 2 aromatic heterocycles. The fourth-order valence-electron chi connectivity index (χ4n) is 5.34. The lowest BCUT2D eigenvalue weighted by molar-refractivity contribution is -0.126. The third-order valence-electron chi connectivity index (χ3n) is 8.17. The molecule has 0 aliphatic rings. The highest BCUT2D eigenvalue weighted by atomic mass is 16.5. The van der Waals surface area contributed by atoms with Gasteiger partial charge in [0.25, 0.3) is 5.91 Å². The van der Waals surface area contributed by atoms with Gasteiger partial charge >= 0.3 is 11.7 Å². The Balaban J connectivity index is 1.73. The Labute approximate surface area is 317 Å². The van der Waals surface area contributed by atoms with E-state index in [1.807, 2.05) is 0 Å². The highest BCUT2D eigenvalue weighted by Crippen LogP contribution is 2.26. The highest BCUT2D eigenvalue weighted by Gasteiger charge is 2.33. The molecule has 3 rings (SSSR count). The average Bonchev–Trinajstić information content (AvgIpc) is 3.49. The summed E-state index contributed by atoms with van der Waals surface area (Å²) in [6.07, 6.45) is 15.6. The number of amides is 5. The number of hydrogen-bond acceptors (Lipinski definition) is 11. The van der Waals surface area contributed by atoms with Crippen LogP contribution in [0.15, 0.2) is 29.1 Å². The number of benzene rings is 1. The Morgan fingerprint density at radius 1 is 0.818 bits per heavy atom. The maximum Gasteiger partial charge on any atom is 0.328 e. The summed E-state index contributed by atoms with van der Waals surface area (Å²) in [6.45, 7) is 0.0422. The van der Waals surface area contributed by atoms with Crippen molar-refractivity contribution in [1.29, 1.82) is 0 Å². The normalized spacial score (nSPS) is 10.7. The van der Waals surface area contributed by atoms with Crippen molar-refractivity contribution >= 4 is 46.5 Å². The monoisotopic (exact) mass is 756 g/mol. The van der Waals surface area contributed by atoms with Gasteiger partial charge in [-0.15, -0.1) is 19.3 Å². The third kappa shape index (κ3) is 13.6. The van der Waals surface area contributed by atoms with E-state index in [2.05, 4.69) is 59.3 Å². The lowest BCUT2D eigenvalue weighted by atomic mass is 9.83. The first-order chi connectivity index (χ1) is 26.4. The number of methoxy groups -OCH3 is 1. The molecule has 0 bridgehead atoms. The van der Waals surface area contributed by atoms with Crippen molar-refractivity contribution in [3.05, 3.63) is 45.9 Å². The summed E-state index contributed by atoms with van der Waals surface area (Å²) in [5, 5.41) is 13.1. The molecule has 290 valence electrons. The van der Waals surface area contributed by atoms with Crippen LogP contribution in [0.3, 0.4) is 0 Å². The number of ether oxygens (including phenoxy) is 2. The molecule has 0 spiro atoms. The number of H-pyrrole nitrogens is 1. The maximum absolute atomic E-state index is 13.4. The SMILES string of the molecule is C#CCNC(=O)CCC(CCC(=O)NCC#C)(CCC(=O)NCC#C)NC(=O)CNC(=O)c1ccc(Cn2c(=O)[nH]c3c(N)nc(OCCOC)nc32)cc1. The molecule has 55 heavy (non-hydrogen) atoms. The minimum Gasteiger partial charge on any atom is -0.461 e. The molecule has 0 radical (unpaired) electrons. The van der Waals surface area contributed by atoms with Crippen molar-refractivity contribution in [2.75, 3.05) is 52.2 Å². The van der Waals surface area contributed by atoms with Gasteiger partial charge in [0.05, 0.1) is 39.3 Å². The number of rotatable bonds is 22. The van der Waals surface area contributed by atoms with Crippen molar-refractivity contribution < 1.29 is 33.4 Å². The molecule has 0 unspecified atom stereocenters. The highest BCUT2D eigenvalue weighted by molar-refractivity contribution is 5.96. The largest absolute Gasteiger partial charge is 0.461 e. The topological polar surface area (TPSA) is 254 Å². The molecule has 18 nitrogen and oxygen atoms in total. The Morgan fingerprint density at radius 3 is 1.87 bits per heavy atom. The van der Waals surface area contributed by atoms with Crippen LogP contribution in [0.2, 0.25) is 0 Å². The molecule has 0 fully saturated rings. The van der Waals surface area contributed by atoms with E-state index in [0.717, 1.165) is 0 Å². The number of aromatic nitrogens is 4. The number of hydrogen-bond donors (Lipinski definition) is 7. The zero-order valence-corrected chi connectivity index (χ0v) is 30.4. The summed E-state index contributed by atoms with van der Waals surface area (Å²) in [4.78, 5) is 87.8. The van der Waals surface area contributed by atoms with E-state index < -0.39 is 47.3 Å². The Hall–Kier alpha value is -6.84. The molecule has 0 saturated carbocycles. The fourth-order valence-corrected chi connectivity index (χ4v) is 5.34. The Kier molecular flexibility index (Phi) is 16.7. The first-order valence-corrected chi connectivity index (χ1v) is 17.1. The zero-order chi connectivity index (χ0) is 40.2. The standard InChI is InChI=1S/C37H44N10O8/c1-5-18-39-27(48)12-15-37(16-13-28(49)40-19-6-2,17-14-29(50)41-20-7-3)46-30(51)23-42-34(52)26-10-8-25(9-11-26)24-47-33-31(43-36(47)53)32(38)44-35(45-33)55-22-21-54-4/h1-3,8-11H,12-24H2,4H3,(H,39,48)(H,40,49)(H,41,50)(H,42,52)(H,43,53)(H,46,51)(H2,38,44,45). The number of carbonyl (C=O) groups excluding carboxylic acids is 5. The molecule has 8 N–H and O–H groups in total. The number of nitrogens with two attached hydrogens (primary N) is 1.